The lowest BCUT2D eigenvalue weighted by Gasteiger charge is -2.10. The van der Waals surface area contributed by atoms with E-state index in [1.54, 1.807) is 6.07 Å². The second-order valence-electron chi connectivity index (χ2n) is 4.86. The summed E-state index contributed by atoms with van der Waals surface area (Å²) in [4.78, 5) is 3.79. The minimum absolute atomic E-state index is 0.0160. The standard InChI is InChI=1S/C16H13FN2O3S/c17-15-6-2-1-5-14(15)16-8-12(11-20)10-19(16)23(21,22)13-4-3-7-18-9-13/h1-10,20H,11H2. The molecule has 0 saturated heterocycles. The highest BCUT2D eigenvalue weighted by molar-refractivity contribution is 7.90. The zero-order valence-electron chi connectivity index (χ0n) is 11.9. The number of halogens is 1. The zero-order valence-corrected chi connectivity index (χ0v) is 12.7. The number of rotatable bonds is 4. The summed E-state index contributed by atoms with van der Waals surface area (Å²) in [5.41, 5.74) is 0.659. The first-order valence-corrected chi connectivity index (χ1v) is 8.20. The normalized spacial score (nSPS) is 11.6. The van der Waals surface area contributed by atoms with Crippen molar-refractivity contribution in [3.63, 3.8) is 0 Å². The molecular weight excluding hydrogens is 319 g/mol. The average Bonchev–Trinajstić information content (AvgIpc) is 3.01. The predicted molar refractivity (Wildman–Crippen MR) is 82.6 cm³/mol. The molecule has 3 aromatic rings. The first-order chi connectivity index (χ1) is 11.0. The van der Waals surface area contributed by atoms with Crippen molar-refractivity contribution >= 4 is 10.0 Å². The van der Waals surface area contributed by atoms with Crippen LogP contribution >= 0.6 is 0 Å². The summed E-state index contributed by atoms with van der Waals surface area (Å²) in [6, 6.07) is 10.2. The lowest BCUT2D eigenvalue weighted by molar-refractivity contribution is 0.282. The van der Waals surface area contributed by atoms with Gasteiger partial charge in [0.15, 0.2) is 0 Å². The van der Waals surface area contributed by atoms with E-state index >= 15 is 0 Å². The summed E-state index contributed by atoms with van der Waals surface area (Å²) in [6.07, 6.45) is 3.97. The van der Waals surface area contributed by atoms with Crippen molar-refractivity contribution in [1.29, 1.82) is 0 Å². The molecule has 2 aromatic heterocycles. The number of aromatic nitrogens is 2. The Labute approximate surface area is 132 Å². The molecule has 0 spiro atoms. The first-order valence-electron chi connectivity index (χ1n) is 6.76. The average molecular weight is 332 g/mol. The smallest absolute Gasteiger partial charge is 0.269 e. The zero-order chi connectivity index (χ0) is 16.4. The van der Waals surface area contributed by atoms with Gasteiger partial charge in [0.05, 0.1) is 12.3 Å². The van der Waals surface area contributed by atoms with Crippen LogP contribution in [0, 0.1) is 5.82 Å². The molecule has 3 rings (SSSR count). The van der Waals surface area contributed by atoms with Crippen molar-refractivity contribution in [2.45, 2.75) is 11.5 Å². The van der Waals surface area contributed by atoms with E-state index in [-0.39, 0.29) is 22.8 Å². The van der Waals surface area contributed by atoms with Gasteiger partial charge in [-0.25, -0.2) is 16.8 Å². The van der Waals surface area contributed by atoms with Crippen LogP contribution in [0.15, 0.2) is 66.0 Å². The van der Waals surface area contributed by atoms with E-state index in [4.69, 9.17) is 0 Å². The molecular formula is C16H13FN2O3S. The van der Waals surface area contributed by atoms with Crippen molar-refractivity contribution in [1.82, 2.24) is 8.96 Å². The SMILES string of the molecule is O=S(=O)(c1cccnc1)n1cc(CO)cc1-c1ccccc1F. The maximum absolute atomic E-state index is 14.1. The van der Waals surface area contributed by atoms with Crippen molar-refractivity contribution < 1.29 is 17.9 Å². The lowest BCUT2D eigenvalue weighted by atomic mass is 10.1. The van der Waals surface area contributed by atoms with Crippen molar-refractivity contribution in [2.24, 2.45) is 0 Å². The Hall–Kier alpha value is -2.51. The van der Waals surface area contributed by atoms with Crippen LogP contribution in [0.2, 0.25) is 0 Å². The van der Waals surface area contributed by atoms with Gasteiger partial charge in [-0.1, -0.05) is 12.1 Å². The van der Waals surface area contributed by atoms with Gasteiger partial charge < -0.3 is 5.11 Å². The Morgan fingerprint density at radius 2 is 1.96 bits per heavy atom. The van der Waals surface area contributed by atoms with Crippen molar-refractivity contribution in [3.8, 4) is 11.3 Å². The van der Waals surface area contributed by atoms with Crippen LogP contribution in [0.4, 0.5) is 4.39 Å². The highest BCUT2D eigenvalue weighted by Crippen LogP contribution is 2.28. The van der Waals surface area contributed by atoms with Crippen LogP contribution in [0.5, 0.6) is 0 Å². The van der Waals surface area contributed by atoms with Gasteiger partial charge in [0.25, 0.3) is 10.0 Å². The van der Waals surface area contributed by atoms with Gasteiger partial charge in [0.1, 0.15) is 10.7 Å². The maximum atomic E-state index is 14.1. The quantitative estimate of drug-likeness (QED) is 0.796. The monoisotopic (exact) mass is 332 g/mol. The van der Waals surface area contributed by atoms with Gasteiger partial charge in [-0.05, 0) is 35.9 Å². The Morgan fingerprint density at radius 1 is 1.17 bits per heavy atom. The summed E-state index contributed by atoms with van der Waals surface area (Å²) in [7, 11) is -3.95. The lowest BCUT2D eigenvalue weighted by Crippen LogP contribution is -2.13. The molecule has 0 atom stereocenters. The fourth-order valence-corrected chi connectivity index (χ4v) is 3.62. The number of hydrogen-bond acceptors (Lipinski definition) is 4. The second kappa shape index (κ2) is 5.94. The summed E-state index contributed by atoms with van der Waals surface area (Å²) >= 11 is 0. The van der Waals surface area contributed by atoms with Gasteiger partial charge >= 0.3 is 0 Å². The third-order valence-corrected chi connectivity index (χ3v) is 5.02. The summed E-state index contributed by atoms with van der Waals surface area (Å²) in [6.45, 7) is -0.350. The van der Waals surface area contributed by atoms with Crippen LogP contribution in [0.1, 0.15) is 5.56 Å². The molecule has 7 heteroatoms. The first kappa shape index (κ1) is 15.4. The number of nitrogens with zero attached hydrogens (tertiary/aromatic N) is 2. The van der Waals surface area contributed by atoms with E-state index < -0.39 is 15.8 Å². The van der Waals surface area contributed by atoms with Crippen molar-refractivity contribution in [2.75, 3.05) is 0 Å². The van der Waals surface area contributed by atoms with E-state index in [0.29, 0.717) is 5.56 Å². The molecule has 0 aliphatic rings. The number of aliphatic hydroxyl groups excluding tert-OH is 1. The Morgan fingerprint density at radius 3 is 2.61 bits per heavy atom. The van der Waals surface area contributed by atoms with Gasteiger partial charge in [-0.3, -0.25) is 4.98 Å². The van der Waals surface area contributed by atoms with E-state index in [9.17, 15) is 17.9 Å². The number of hydrogen-bond donors (Lipinski definition) is 1. The second-order valence-corrected chi connectivity index (χ2v) is 6.68. The Bertz CT molecular complexity index is 937. The number of pyridine rings is 1. The summed E-state index contributed by atoms with van der Waals surface area (Å²) in [5.74, 6) is -0.544. The van der Waals surface area contributed by atoms with Crippen LogP contribution in [0.25, 0.3) is 11.3 Å². The van der Waals surface area contributed by atoms with Crippen molar-refractivity contribution in [3.05, 3.63) is 72.4 Å². The fraction of sp³-hybridized carbons (Fsp3) is 0.0625. The Kier molecular flexibility index (Phi) is 3.97. The summed E-state index contributed by atoms with van der Waals surface area (Å²) in [5, 5.41) is 9.31. The molecule has 0 aliphatic carbocycles. The molecule has 0 amide bonds. The van der Waals surface area contributed by atoms with Gasteiger partial charge in [-0.2, -0.15) is 0 Å². The molecule has 1 aromatic carbocycles. The van der Waals surface area contributed by atoms with E-state index in [1.165, 1.54) is 55.0 Å². The molecule has 1 N–H and O–H groups in total. The number of benzene rings is 1. The van der Waals surface area contributed by atoms with Gasteiger partial charge in [-0.15, -0.1) is 0 Å². The highest BCUT2D eigenvalue weighted by atomic mass is 32.2. The topological polar surface area (TPSA) is 72.2 Å². The molecule has 118 valence electrons. The molecule has 5 nitrogen and oxygen atoms in total. The maximum Gasteiger partial charge on any atom is 0.269 e. The molecule has 0 saturated carbocycles. The molecule has 0 unspecified atom stereocenters. The molecule has 0 fully saturated rings. The summed E-state index contributed by atoms with van der Waals surface area (Å²) < 4.78 is 40.6. The third-order valence-electron chi connectivity index (χ3n) is 3.37. The molecule has 2 heterocycles. The van der Waals surface area contributed by atoms with Crippen LogP contribution in [0.3, 0.4) is 0 Å². The van der Waals surface area contributed by atoms with E-state index in [2.05, 4.69) is 4.98 Å². The minimum Gasteiger partial charge on any atom is -0.392 e. The fourth-order valence-electron chi connectivity index (χ4n) is 2.26. The largest absolute Gasteiger partial charge is 0.392 e. The molecule has 0 radical (unpaired) electrons. The molecule has 0 bridgehead atoms. The highest BCUT2D eigenvalue weighted by Gasteiger charge is 2.23. The van der Waals surface area contributed by atoms with Crippen LogP contribution < -0.4 is 0 Å². The molecule has 0 aliphatic heterocycles. The molecule has 23 heavy (non-hydrogen) atoms. The van der Waals surface area contributed by atoms with Gasteiger partial charge in [0, 0.05) is 24.2 Å². The van der Waals surface area contributed by atoms with Crippen LogP contribution in [-0.2, 0) is 16.6 Å². The Balaban J connectivity index is 2.25. The van der Waals surface area contributed by atoms with E-state index in [0.717, 1.165) is 3.97 Å². The number of aliphatic hydroxyl groups is 1. The van der Waals surface area contributed by atoms with E-state index in [1.807, 2.05) is 0 Å². The van der Waals surface area contributed by atoms with Gasteiger partial charge in [0.2, 0.25) is 0 Å². The van der Waals surface area contributed by atoms with Crippen LogP contribution in [-0.4, -0.2) is 22.5 Å². The minimum atomic E-state index is -3.95. The third kappa shape index (κ3) is 2.76. The predicted octanol–water partition coefficient (Wildman–Crippen LogP) is 2.42.